The lowest BCUT2D eigenvalue weighted by Crippen LogP contribution is -1.98. The van der Waals surface area contributed by atoms with Crippen LogP contribution in [0.3, 0.4) is 0 Å². The molecule has 0 aliphatic heterocycles. The highest BCUT2D eigenvalue weighted by Gasteiger charge is 2.21. The average Bonchev–Trinajstić information content (AvgIpc) is 2.72. The number of hydrogen-bond acceptors (Lipinski definition) is 4. The summed E-state index contributed by atoms with van der Waals surface area (Å²) in [6.45, 7) is 0. The summed E-state index contributed by atoms with van der Waals surface area (Å²) in [5.74, 6) is 0.558. The lowest BCUT2D eigenvalue weighted by molar-refractivity contribution is 0.394. The average molecular weight is 386 g/mol. The predicted molar refractivity (Wildman–Crippen MR) is 103 cm³/mol. The smallest absolute Gasteiger partial charge is 0.134 e. The van der Waals surface area contributed by atoms with Crippen LogP contribution in [0.15, 0.2) is 48.5 Å². The van der Waals surface area contributed by atoms with E-state index in [0.717, 1.165) is 6.07 Å². The lowest BCUT2D eigenvalue weighted by Gasteiger charge is -2.17. The molecule has 3 aromatic carbocycles. The summed E-state index contributed by atoms with van der Waals surface area (Å²) in [4.78, 5) is 0. The minimum absolute atomic E-state index is 0.198. The van der Waals surface area contributed by atoms with Crippen molar-refractivity contribution in [2.24, 2.45) is 0 Å². The topological polar surface area (TPSA) is 36.9 Å². The van der Waals surface area contributed by atoms with Crippen molar-refractivity contribution < 1.29 is 27.7 Å². The SMILES string of the molecule is COc1ccc(-c2cc(F)cc(F)c2-c2ccc(OC)cc2OC)c(OC)c1. The molecule has 0 saturated carbocycles. The van der Waals surface area contributed by atoms with Crippen LogP contribution >= 0.6 is 0 Å². The molecule has 6 heteroatoms. The second-order valence-corrected chi connectivity index (χ2v) is 5.94. The molecule has 0 unspecified atom stereocenters. The lowest BCUT2D eigenvalue weighted by atomic mass is 9.92. The van der Waals surface area contributed by atoms with Gasteiger partial charge in [-0.15, -0.1) is 0 Å². The van der Waals surface area contributed by atoms with Gasteiger partial charge in [-0.25, -0.2) is 8.78 Å². The summed E-state index contributed by atoms with van der Waals surface area (Å²) in [6.07, 6.45) is 0. The molecule has 0 aliphatic carbocycles. The molecule has 0 bridgehead atoms. The van der Waals surface area contributed by atoms with Gasteiger partial charge >= 0.3 is 0 Å². The first-order chi connectivity index (χ1) is 13.5. The number of halogens is 2. The normalized spacial score (nSPS) is 10.5. The second-order valence-electron chi connectivity index (χ2n) is 5.94. The Labute approximate surface area is 162 Å². The highest BCUT2D eigenvalue weighted by Crippen LogP contribution is 2.44. The highest BCUT2D eigenvalue weighted by atomic mass is 19.1. The fraction of sp³-hybridized carbons (Fsp3) is 0.182. The zero-order chi connectivity index (χ0) is 20.3. The maximum absolute atomic E-state index is 15.0. The van der Waals surface area contributed by atoms with Crippen molar-refractivity contribution >= 4 is 0 Å². The summed E-state index contributed by atoms with van der Waals surface area (Å²) >= 11 is 0. The van der Waals surface area contributed by atoms with Gasteiger partial charge in [0.05, 0.1) is 28.4 Å². The van der Waals surface area contributed by atoms with Crippen LogP contribution in [0, 0.1) is 11.6 Å². The molecule has 3 rings (SSSR count). The molecule has 0 spiro atoms. The van der Waals surface area contributed by atoms with E-state index in [9.17, 15) is 8.78 Å². The molecule has 0 amide bonds. The molecule has 0 aliphatic rings. The van der Waals surface area contributed by atoms with E-state index < -0.39 is 11.6 Å². The molecule has 3 aromatic rings. The Balaban J connectivity index is 2.31. The second kappa shape index (κ2) is 8.17. The molecule has 0 N–H and O–H groups in total. The van der Waals surface area contributed by atoms with Gasteiger partial charge in [0.1, 0.15) is 34.6 Å². The van der Waals surface area contributed by atoms with Crippen molar-refractivity contribution in [3.8, 4) is 45.3 Å². The van der Waals surface area contributed by atoms with Crippen LogP contribution in [0.2, 0.25) is 0 Å². The van der Waals surface area contributed by atoms with E-state index in [1.165, 1.54) is 34.5 Å². The highest BCUT2D eigenvalue weighted by molar-refractivity contribution is 5.89. The summed E-state index contributed by atoms with van der Waals surface area (Å²) in [6, 6.07) is 12.2. The van der Waals surface area contributed by atoms with E-state index in [1.807, 2.05) is 0 Å². The maximum Gasteiger partial charge on any atom is 0.134 e. The van der Waals surface area contributed by atoms with E-state index in [2.05, 4.69) is 0 Å². The molecule has 0 radical (unpaired) electrons. The Morgan fingerprint density at radius 2 is 1.11 bits per heavy atom. The number of rotatable bonds is 6. The molecular formula is C22H20F2O4. The van der Waals surface area contributed by atoms with Gasteiger partial charge in [0.25, 0.3) is 0 Å². The summed E-state index contributed by atoms with van der Waals surface area (Å²) in [5.41, 5.74) is 1.52. The molecule has 0 aromatic heterocycles. The molecular weight excluding hydrogens is 366 g/mol. The van der Waals surface area contributed by atoms with Crippen LogP contribution in [-0.2, 0) is 0 Å². The quantitative estimate of drug-likeness (QED) is 0.574. The number of benzene rings is 3. The van der Waals surface area contributed by atoms with E-state index in [0.29, 0.717) is 39.7 Å². The largest absolute Gasteiger partial charge is 0.497 e. The van der Waals surface area contributed by atoms with Crippen LogP contribution in [0.1, 0.15) is 0 Å². The van der Waals surface area contributed by atoms with Crippen LogP contribution in [0.25, 0.3) is 22.3 Å². The Kier molecular flexibility index (Phi) is 5.68. The van der Waals surface area contributed by atoms with E-state index in [-0.39, 0.29) is 5.56 Å². The van der Waals surface area contributed by atoms with Crippen molar-refractivity contribution in [1.82, 2.24) is 0 Å². The molecule has 0 heterocycles. The Bertz CT molecular complexity index is 1000. The third-order valence-corrected chi connectivity index (χ3v) is 4.43. The van der Waals surface area contributed by atoms with Gasteiger partial charge in [-0.05, 0) is 35.9 Å². The van der Waals surface area contributed by atoms with Crippen LogP contribution in [0.4, 0.5) is 8.78 Å². The standard InChI is InChI=1S/C22H20F2O4/c1-25-14-5-7-16(20(11-14)27-3)18-9-13(23)10-19(24)22(18)17-8-6-15(26-2)12-21(17)28-4/h5-12H,1-4H3. The van der Waals surface area contributed by atoms with Gasteiger partial charge in [-0.1, -0.05) is 0 Å². The van der Waals surface area contributed by atoms with E-state index >= 15 is 0 Å². The van der Waals surface area contributed by atoms with Crippen molar-refractivity contribution in [3.63, 3.8) is 0 Å². The Morgan fingerprint density at radius 1 is 0.571 bits per heavy atom. The number of ether oxygens (including phenoxy) is 4. The van der Waals surface area contributed by atoms with E-state index in [4.69, 9.17) is 18.9 Å². The Morgan fingerprint density at radius 3 is 1.64 bits per heavy atom. The molecule has 28 heavy (non-hydrogen) atoms. The Hall–Kier alpha value is -3.28. The summed E-state index contributed by atoms with van der Waals surface area (Å²) < 4.78 is 50.4. The molecule has 0 saturated heterocycles. The van der Waals surface area contributed by atoms with Gasteiger partial charge in [-0.3, -0.25) is 0 Å². The predicted octanol–water partition coefficient (Wildman–Crippen LogP) is 5.33. The number of hydrogen-bond donors (Lipinski definition) is 0. The first-order valence-corrected chi connectivity index (χ1v) is 8.46. The summed E-state index contributed by atoms with van der Waals surface area (Å²) in [7, 11) is 6.03. The third kappa shape index (κ3) is 3.58. The van der Waals surface area contributed by atoms with Gasteiger partial charge in [0.2, 0.25) is 0 Å². The molecule has 146 valence electrons. The minimum Gasteiger partial charge on any atom is -0.497 e. The first-order valence-electron chi connectivity index (χ1n) is 8.46. The minimum atomic E-state index is -0.712. The zero-order valence-electron chi connectivity index (χ0n) is 16.0. The van der Waals surface area contributed by atoms with Crippen molar-refractivity contribution in [2.75, 3.05) is 28.4 Å². The first kappa shape index (κ1) is 19.5. The van der Waals surface area contributed by atoms with Crippen LogP contribution in [0.5, 0.6) is 23.0 Å². The third-order valence-electron chi connectivity index (χ3n) is 4.43. The maximum atomic E-state index is 15.0. The van der Waals surface area contributed by atoms with Crippen LogP contribution < -0.4 is 18.9 Å². The molecule has 0 fully saturated rings. The monoisotopic (exact) mass is 386 g/mol. The van der Waals surface area contributed by atoms with Crippen molar-refractivity contribution in [2.45, 2.75) is 0 Å². The van der Waals surface area contributed by atoms with Crippen molar-refractivity contribution in [3.05, 3.63) is 60.2 Å². The van der Waals surface area contributed by atoms with Gasteiger partial charge in [0.15, 0.2) is 0 Å². The molecule has 0 atom stereocenters. The van der Waals surface area contributed by atoms with Gasteiger partial charge < -0.3 is 18.9 Å². The van der Waals surface area contributed by atoms with Crippen molar-refractivity contribution in [1.29, 1.82) is 0 Å². The number of methoxy groups -OCH3 is 4. The van der Waals surface area contributed by atoms with Gasteiger partial charge in [0, 0.05) is 34.9 Å². The van der Waals surface area contributed by atoms with Gasteiger partial charge in [-0.2, -0.15) is 0 Å². The zero-order valence-corrected chi connectivity index (χ0v) is 16.0. The van der Waals surface area contributed by atoms with Crippen LogP contribution in [-0.4, -0.2) is 28.4 Å². The fourth-order valence-corrected chi connectivity index (χ4v) is 3.09. The summed E-state index contributed by atoms with van der Waals surface area (Å²) in [5, 5.41) is 0. The van der Waals surface area contributed by atoms with E-state index in [1.54, 1.807) is 36.4 Å². The molecule has 4 nitrogen and oxygen atoms in total. The fourth-order valence-electron chi connectivity index (χ4n) is 3.09.